The largest absolute Gasteiger partial charge is 0.383 e. The Morgan fingerprint density at radius 1 is 1.33 bits per heavy atom. The molecule has 0 saturated carbocycles. The van der Waals surface area contributed by atoms with Crippen LogP contribution < -0.4 is 4.80 Å². The molecule has 1 amide bonds. The van der Waals surface area contributed by atoms with E-state index in [-0.39, 0.29) is 16.4 Å². The molecular formula is C19H19ClN4O6S3. The number of hydrogen-bond acceptors (Lipinski definition) is 8. The molecule has 1 unspecified atom stereocenters. The lowest BCUT2D eigenvalue weighted by Gasteiger charge is -2.20. The highest BCUT2D eigenvalue weighted by Gasteiger charge is 2.40. The molecule has 1 aliphatic rings. The Kier molecular flexibility index (Phi) is 6.98. The highest BCUT2D eigenvalue weighted by molar-refractivity contribution is 7.91. The second-order valence-electron chi connectivity index (χ2n) is 7.22. The van der Waals surface area contributed by atoms with Crippen LogP contribution in [0.15, 0.2) is 39.5 Å². The number of aromatic nitrogens is 1. The van der Waals surface area contributed by atoms with Crippen molar-refractivity contribution in [3.8, 4) is 0 Å². The van der Waals surface area contributed by atoms with Crippen molar-refractivity contribution in [3.63, 3.8) is 0 Å². The first-order valence-corrected chi connectivity index (χ1v) is 13.3. The summed E-state index contributed by atoms with van der Waals surface area (Å²) >= 11 is 7.98. The van der Waals surface area contributed by atoms with Crippen molar-refractivity contribution in [2.45, 2.75) is 29.6 Å². The zero-order chi connectivity index (χ0) is 23.8. The summed E-state index contributed by atoms with van der Waals surface area (Å²) in [6.07, 6.45) is 0.891. The van der Waals surface area contributed by atoms with Crippen molar-refractivity contribution in [2.75, 3.05) is 20.3 Å². The van der Waals surface area contributed by atoms with Crippen molar-refractivity contribution >= 4 is 66.1 Å². The highest BCUT2D eigenvalue weighted by atomic mass is 35.5. The summed E-state index contributed by atoms with van der Waals surface area (Å²) in [5.74, 6) is -0.578. The van der Waals surface area contributed by atoms with Gasteiger partial charge >= 0.3 is 0 Å². The number of thiophene rings is 1. The first-order chi connectivity index (χ1) is 15.7. The Labute approximate surface area is 201 Å². The van der Waals surface area contributed by atoms with E-state index in [0.29, 0.717) is 45.3 Å². The maximum Gasteiger partial charge on any atom is 0.270 e. The second kappa shape index (κ2) is 9.60. The molecule has 176 valence electrons. The lowest BCUT2D eigenvalue weighted by atomic mass is 10.2. The third kappa shape index (κ3) is 4.74. The molecular weight excluding hydrogens is 512 g/mol. The number of non-ortho nitro benzene ring substituents is 1. The zero-order valence-corrected chi connectivity index (χ0v) is 20.5. The van der Waals surface area contributed by atoms with E-state index in [1.165, 1.54) is 28.6 Å². The number of hydrogen-bond donors (Lipinski definition) is 0. The van der Waals surface area contributed by atoms with Crippen LogP contribution in [0.25, 0.3) is 10.2 Å². The number of rotatable bonds is 7. The van der Waals surface area contributed by atoms with Crippen molar-refractivity contribution in [2.24, 2.45) is 4.99 Å². The molecule has 1 aromatic carbocycles. The average molecular weight is 531 g/mol. The predicted octanol–water partition coefficient (Wildman–Crippen LogP) is 3.25. The molecule has 1 fully saturated rings. The normalized spacial score (nSPS) is 17.8. The van der Waals surface area contributed by atoms with Gasteiger partial charge in [0.15, 0.2) is 4.80 Å². The van der Waals surface area contributed by atoms with E-state index in [1.54, 1.807) is 17.7 Å². The van der Waals surface area contributed by atoms with Gasteiger partial charge in [-0.1, -0.05) is 22.9 Å². The van der Waals surface area contributed by atoms with E-state index in [9.17, 15) is 23.3 Å². The molecule has 2 aromatic heterocycles. The van der Waals surface area contributed by atoms with Gasteiger partial charge < -0.3 is 9.30 Å². The molecule has 3 aromatic rings. The number of ether oxygens (including phenoxy) is 1. The minimum atomic E-state index is -3.88. The van der Waals surface area contributed by atoms with E-state index < -0.39 is 26.9 Å². The smallest absolute Gasteiger partial charge is 0.270 e. The van der Waals surface area contributed by atoms with Crippen LogP contribution in [0.3, 0.4) is 0 Å². The molecule has 14 heteroatoms. The number of thiazole rings is 1. The van der Waals surface area contributed by atoms with Gasteiger partial charge in [-0.3, -0.25) is 14.9 Å². The standard InChI is InChI=1S/C19H19ClN4O6S3/c1-30-10-9-22-13-5-4-12(24(26)27)11-15(13)31-19(22)21-18(25)14-3-2-8-23(14)33(28,29)17-7-6-16(20)32-17/h4-7,11,14H,2-3,8-10H2,1H3. The molecule has 1 saturated heterocycles. The lowest BCUT2D eigenvalue weighted by Crippen LogP contribution is -2.40. The minimum absolute atomic E-state index is 0.0665. The van der Waals surface area contributed by atoms with Crippen LogP contribution in [0.2, 0.25) is 4.34 Å². The molecule has 1 atom stereocenters. The van der Waals surface area contributed by atoms with Crippen LogP contribution in [0, 0.1) is 10.1 Å². The first kappa shape index (κ1) is 24.0. The van der Waals surface area contributed by atoms with Gasteiger partial charge in [-0.2, -0.15) is 9.30 Å². The van der Waals surface area contributed by atoms with E-state index in [0.717, 1.165) is 22.7 Å². The molecule has 4 rings (SSSR count). The molecule has 33 heavy (non-hydrogen) atoms. The molecule has 0 aliphatic carbocycles. The van der Waals surface area contributed by atoms with Gasteiger partial charge in [0, 0.05) is 32.3 Å². The number of fused-ring (bicyclic) bond motifs is 1. The Hall–Kier alpha value is -2.16. The van der Waals surface area contributed by atoms with Gasteiger partial charge in [-0.15, -0.1) is 11.3 Å². The third-order valence-electron chi connectivity index (χ3n) is 5.20. The average Bonchev–Trinajstić information content (AvgIpc) is 3.50. The second-order valence-corrected chi connectivity index (χ2v) is 12.1. The quantitative estimate of drug-likeness (QED) is 0.341. The summed E-state index contributed by atoms with van der Waals surface area (Å²) < 4.78 is 35.2. The number of methoxy groups -OCH3 is 1. The SMILES string of the molecule is COCCn1c(=NC(=O)C2CCCN2S(=O)(=O)c2ccc(Cl)s2)sc2cc([N+](=O)[O-])ccc21. The number of halogens is 1. The van der Waals surface area contributed by atoms with Crippen molar-refractivity contribution in [3.05, 3.63) is 49.6 Å². The predicted molar refractivity (Wildman–Crippen MR) is 125 cm³/mol. The fourth-order valence-corrected chi connectivity index (χ4v) is 8.01. The third-order valence-corrected chi connectivity index (χ3v) is 9.85. The number of amides is 1. The Morgan fingerprint density at radius 2 is 2.12 bits per heavy atom. The van der Waals surface area contributed by atoms with Gasteiger partial charge in [0.25, 0.3) is 21.6 Å². The molecule has 10 nitrogen and oxygen atoms in total. The van der Waals surface area contributed by atoms with Gasteiger partial charge in [-0.25, -0.2) is 8.42 Å². The van der Waals surface area contributed by atoms with Crippen LogP contribution in [0.5, 0.6) is 0 Å². The first-order valence-electron chi connectivity index (χ1n) is 9.85. The van der Waals surface area contributed by atoms with Crippen molar-refractivity contribution in [1.82, 2.24) is 8.87 Å². The van der Waals surface area contributed by atoms with E-state index in [2.05, 4.69) is 4.99 Å². The summed E-state index contributed by atoms with van der Waals surface area (Å²) in [7, 11) is -2.34. The summed E-state index contributed by atoms with van der Waals surface area (Å²) in [6, 6.07) is 6.44. The molecule has 0 spiro atoms. The van der Waals surface area contributed by atoms with Crippen LogP contribution in [-0.4, -0.2) is 54.4 Å². The lowest BCUT2D eigenvalue weighted by molar-refractivity contribution is -0.384. The molecule has 1 aliphatic heterocycles. The Bertz CT molecular complexity index is 1390. The Morgan fingerprint density at radius 3 is 2.79 bits per heavy atom. The maximum atomic E-state index is 13.1. The molecule has 3 heterocycles. The minimum Gasteiger partial charge on any atom is -0.383 e. The number of nitro groups is 1. The zero-order valence-electron chi connectivity index (χ0n) is 17.3. The van der Waals surface area contributed by atoms with Crippen LogP contribution in [-0.2, 0) is 26.1 Å². The van der Waals surface area contributed by atoms with Gasteiger partial charge in [0.2, 0.25) is 0 Å². The summed E-state index contributed by atoms with van der Waals surface area (Å²) in [6.45, 7) is 0.931. The van der Waals surface area contributed by atoms with Crippen molar-refractivity contribution < 1.29 is 22.9 Å². The highest BCUT2D eigenvalue weighted by Crippen LogP contribution is 2.32. The monoisotopic (exact) mass is 530 g/mol. The number of carbonyl (C=O) groups is 1. The van der Waals surface area contributed by atoms with Crippen LogP contribution >= 0.6 is 34.3 Å². The number of nitrogens with zero attached hydrogens (tertiary/aromatic N) is 4. The van der Waals surface area contributed by atoms with Gasteiger partial charge in [0.1, 0.15) is 10.3 Å². The molecule has 0 N–H and O–H groups in total. The van der Waals surface area contributed by atoms with Gasteiger partial charge in [0.05, 0.1) is 26.1 Å². The fraction of sp³-hybridized carbons (Fsp3) is 0.368. The summed E-state index contributed by atoms with van der Waals surface area (Å²) in [5, 5.41) is 11.1. The fourth-order valence-electron chi connectivity index (χ4n) is 3.65. The molecule has 0 radical (unpaired) electrons. The number of carbonyl (C=O) groups excluding carboxylic acids is 1. The molecule has 0 bridgehead atoms. The maximum absolute atomic E-state index is 13.1. The summed E-state index contributed by atoms with van der Waals surface area (Å²) in [5.41, 5.74) is 0.613. The van der Waals surface area contributed by atoms with Crippen LogP contribution in [0.4, 0.5) is 5.69 Å². The van der Waals surface area contributed by atoms with Gasteiger partial charge in [-0.05, 0) is 31.0 Å². The van der Waals surface area contributed by atoms with E-state index in [4.69, 9.17) is 16.3 Å². The number of benzene rings is 1. The van der Waals surface area contributed by atoms with Crippen LogP contribution in [0.1, 0.15) is 12.8 Å². The number of nitro benzene ring substituents is 1. The van der Waals surface area contributed by atoms with Crippen molar-refractivity contribution in [1.29, 1.82) is 0 Å². The summed E-state index contributed by atoms with van der Waals surface area (Å²) in [4.78, 5) is 28.4. The van der Waals surface area contributed by atoms with E-state index >= 15 is 0 Å². The topological polar surface area (TPSA) is 124 Å². The van der Waals surface area contributed by atoms with E-state index in [1.807, 2.05) is 0 Å². The number of sulfonamides is 1. The Balaban J connectivity index is 1.73.